The highest BCUT2D eigenvalue weighted by Gasteiger charge is 2.12. The van der Waals surface area contributed by atoms with Gasteiger partial charge in [0.25, 0.3) is 0 Å². The van der Waals surface area contributed by atoms with Gasteiger partial charge >= 0.3 is 0 Å². The number of benzene rings is 2. The molecule has 0 fully saturated rings. The van der Waals surface area contributed by atoms with E-state index < -0.39 is 0 Å². The fourth-order valence-corrected chi connectivity index (χ4v) is 2.63. The van der Waals surface area contributed by atoms with Gasteiger partial charge < -0.3 is 0 Å². The van der Waals surface area contributed by atoms with Gasteiger partial charge in [0.15, 0.2) is 0 Å². The van der Waals surface area contributed by atoms with Crippen LogP contribution in [0.4, 0.5) is 0 Å². The topological polar surface area (TPSA) is 41.6 Å². The zero-order valence-corrected chi connectivity index (χ0v) is 13.0. The molecule has 3 aromatic rings. The van der Waals surface area contributed by atoms with E-state index in [0.29, 0.717) is 10.0 Å². The third-order valence-electron chi connectivity index (χ3n) is 3.23. The molecule has 1 aromatic heterocycles. The van der Waals surface area contributed by atoms with Crippen LogP contribution in [-0.4, -0.2) is 9.78 Å². The molecule has 0 spiro atoms. The van der Waals surface area contributed by atoms with E-state index in [4.69, 9.17) is 28.5 Å². The molecule has 0 amide bonds. The molecule has 2 aromatic carbocycles. The number of hydrogen-bond donors (Lipinski definition) is 0. The number of aromatic nitrogens is 2. The van der Waals surface area contributed by atoms with E-state index in [-0.39, 0.29) is 6.42 Å². The van der Waals surface area contributed by atoms with Gasteiger partial charge in [0.05, 0.1) is 23.9 Å². The number of nitriles is 1. The van der Waals surface area contributed by atoms with Gasteiger partial charge in [-0.15, -0.1) is 0 Å². The molecule has 3 nitrogen and oxygen atoms in total. The highest BCUT2D eigenvalue weighted by atomic mass is 35.5. The summed E-state index contributed by atoms with van der Waals surface area (Å²) < 4.78 is 1.73. The van der Waals surface area contributed by atoms with E-state index in [1.807, 2.05) is 54.7 Å². The van der Waals surface area contributed by atoms with Gasteiger partial charge in [-0.2, -0.15) is 10.4 Å². The van der Waals surface area contributed by atoms with Crippen molar-refractivity contribution in [2.24, 2.45) is 0 Å². The molecule has 3 rings (SSSR count). The van der Waals surface area contributed by atoms with Crippen LogP contribution in [0.3, 0.4) is 0 Å². The lowest BCUT2D eigenvalue weighted by molar-refractivity contribution is 0.883. The summed E-state index contributed by atoms with van der Waals surface area (Å²) in [6.45, 7) is 0. The van der Waals surface area contributed by atoms with E-state index in [2.05, 4.69) is 11.2 Å². The Morgan fingerprint density at radius 3 is 2.45 bits per heavy atom. The van der Waals surface area contributed by atoms with Crippen molar-refractivity contribution in [1.82, 2.24) is 9.78 Å². The fourth-order valence-electron chi connectivity index (χ4n) is 2.25. The van der Waals surface area contributed by atoms with Gasteiger partial charge in [0, 0.05) is 27.4 Å². The minimum absolute atomic E-state index is 0.280. The molecule has 0 unspecified atom stereocenters. The van der Waals surface area contributed by atoms with Gasteiger partial charge in [0.2, 0.25) is 0 Å². The van der Waals surface area contributed by atoms with Crippen LogP contribution in [0.2, 0.25) is 10.0 Å². The maximum absolute atomic E-state index is 9.04. The van der Waals surface area contributed by atoms with Gasteiger partial charge in [-0.1, -0.05) is 41.4 Å². The second-order valence-corrected chi connectivity index (χ2v) is 5.65. The first-order valence-electron chi connectivity index (χ1n) is 6.65. The average Bonchev–Trinajstić information content (AvgIpc) is 2.92. The van der Waals surface area contributed by atoms with E-state index >= 15 is 0 Å². The molecule has 0 atom stereocenters. The van der Waals surface area contributed by atoms with E-state index in [1.165, 1.54) is 0 Å². The zero-order chi connectivity index (χ0) is 15.5. The van der Waals surface area contributed by atoms with Crippen LogP contribution in [0.5, 0.6) is 0 Å². The predicted octanol–water partition coefficient (Wildman–Crippen LogP) is 4.91. The van der Waals surface area contributed by atoms with Crippen LogP contribution >= 0.6 is 23.2 Å². The molecule has 0 aliphatic rings. The summed E-state index contributed by atoms with van der Waals surface area (Å²) in [5, 5.41) is 14.9. The van der Waals surface area contributed by atoms with Gasteiger partial charge in [0.1, 0.15) is 0 Å². The van der Waals surface area contributed by atoms with Crippen LogP contribution in [0.25, 0.3) is 16.9 Å². The van der Waals surface area contributed by atoms with Crippen LogP contribution in [-0.2, 0) is 6.42 Å². The van der Waals surface area contributed by atoms with Crippen molar-refractivity contribution in [1.29, 1.82) is 5.26 Å². The second kappa shape index (κ2) is 6.23. The molecule has 0 saturated heterocycles. The van der Waals surface area contributed by atoms with Crippen molar-refractivity contribution in [2.75, 3.05) is 0 Å². The molecule has 108 valence electrons. The van der Waals surface area contributed by atoms with E-state index in [9.17, 15) is 0 Å². The van der Waals surface area contributed by atoms with Crippen LogP contribution < -0.4 is 0 Å². The maximum atomic E-state index is 9.04. The highest BCUT2D eigenvalue weighted by molar-refractivity contribution is 6.31. The van der Waals surface area contributed by atoms with Crippen LogP contribution in [0.1, 0.15) is 5.56 Å². The first-order chi connectivity index (χ1) is 10.7. The van der Waals surface area contributed by atoms with Crippen molar-refractivity contribution >= 4 is 23.2 Å². The third-order valence-corrected chi connectivity index (χ3v) is 3.70. The van der Waals surface area contributed by atoms with E-state index in [1.54, 1.807) is 4.68 Å². The average molecular weight is 328 g/mol. The van der Waals surface area contributed by atoms with E-state index in [0.717, 1.165) is 22.5 Å². The summed E-state index contributed by atoms with van der Waals surface area (Å²) in [6, 6.07) is 17.0. The van der Waals surface area contributed by atoms with Crippen molar-refractivity contribution in [3.63, 3.8) is 0 Å². The number of rotatable bonds is 3. The first-order valence-corrected chi connectivity index (χ1v) is 7.40. The smallest absolute Gasteiger partial charge is 0.0970 e. The summed E-state index contributed by atoms with van der Waals surface area (Å²) in [7, 11) is 0. The summed E-state index contributed by atoms with van der Waals surface area (Å²) in [5.41, 5.74) is 3.34. The summed E-state index contributed by atoms with van der Waals surface area (Å²) in [5.74, 6) is 0. The third kappa shape index (κ3) is 2.99. The quantitative estimate of drug-likeness (QED) is 0.685. The highest BCUT2D eigenvalue weighted by Crippen LogP contribution is 2.26. The molecule has 22 heavy (non-hydrogen) atoms. The van der Waals surface area contributed by atoms with Crippen LogP contribution in [0.15, 0.2) is 54.7 Å². The Labute approximate surface area is 138 Å². The van der Waals surface area contributed by atoms with Crippen molar-refractivity contribution in [3.8, 4) is 23.0 Å². The lowest BCUT2D eigenvalue weighted by Gasteiger charge is -2.02. The predicted molar refractivity (Wildman–Crippen MR) is 88.3 cm³/mol. The Morgan fingerprint density at radius 1 is 1.05 bits per heavy atom. The van der Waals surface area contributed by atoms with Crippen molar-refractivity contribution in [2.45, 2.75) is 6.42 Å². The molecule has 1 heterocycles. The molecule has 0 aliphatic carbocycles. The zero-order valence-electron chi connectivity index (χ0n) is 11.5. The maximum Gasteiger partial charge on any atom is 0.0970 e. The SMILES string of the molecule is N#CCc1cn(-c2cccc(Cl)c2)nc1-c1cccc(Cl)c1. The largest absolute Gasteiger partial charge is 0.240 e. The molecule has 0 aliphatic heterocycles. The second-order valence-electron chi connectivity index (χ2n) is 4.77. The number of hydrogen-bond acceptors (Lipinski definition) is 2. The van der Waals surface area contributed by atoms with Gasteiger partial charge in [-0.3, -0.25) is 0 Å². The number of halogens is 2. The Kier molecular flexibility index (Phi) is 4.15. The van der Waals surface area contributed by atoms with Gasteiger partial charge in [-0.05, 0) is 30.3 Å². The normalized spacial score (nSPS) is 10.4. The fraction of sp³-hybridized carbons (Fsp3) is 0.0588. The van der Waals surface area contributed by atoms with Gasteiger partial charge in [-0.25, -0.2) is 4.68 Å². The molecule has 0 radical (unpaired) electrons. The lowest BCUT2D eigenvalue weighted by atomic mass is 10.1. The molecular weight excluding hydrogens is 317 g/mol. The monoisotopic (exact) mass is 327 g/mol. The molecular formula is C17H11Cl2N3. The Hall–Kier alpha value is -2.28. The van der Waals surface area contributed by atoms with Crippen molar-refractivity contribution in [3.05, 3.63) is 70.3 Å². The molecule has 0 bridgehead atoms. The molecule has 0 saturated carbocycles. The Morgan fingerprint density at radius 2 is 1.77 bits per heavy atom. The number of nitrogens with zero attached hydrogens (tertiary/aromatic N) is 3. The van der Waals surface area contributed by atoms with Crippen molar-refractivity contribution < 1.29 is 0 Å². The summed E-state index contributed by atoms with van der Waals surface area (Å²) >= 11 is 12.1. The minimum atomic E-state index is 0.280. The lowest BCUT2D eigenvalue weighted by Crippen LogP contribution is -1.94. The first kappa shape index (κ1) is 14.6. The summed E-state index contributed by atoms with van der Waals surface area (Å²) in [6.07, 6.45) is 2.13. The molecule has 5 heteroatoms. The van der Waals surface area contributed by atoms with Crippen LogP contribution in [0, 0.1) is 11.3 Å². The summed E-state index contributed by atoms with van der Waals surface area (Å²) in [4.78, 5) is 0. The molecule has 0 N–H and O–H groups in total. The Balaban J connectivity index is 2.12. The minimum Gasteiger partial charge on any atom is -0.240 e. The Bertz CT molecular complexity index is 862. The standard InChI is InChI=1S/C17H11Cl2N3/c18-14-4-1-3-12(9-14)17-13(7-8-20)11-22(21-17)16-6-2-5-15(19)10-16/h1-6,9-11H,7H2.